The van der Waals surface area contributed by atoms with Gasteiger partial charge in [-0.25, -0.2) is 9.37 Å². The molecule has 3 N–H and O–H groups in total. The summed E-state index contributed by atoms with van der Waals surface area (Å²) in [6.45, 7) is 3.39. The molecule has 29 heavy (non-hydrogen) atoms. The third-order valence-corrected chi connectivity index (χ3v) is 4.32. The third-order valence-electron chi connectivity index (χ3n) is 4.32. The molecule has 0 spiro atoms. The highest BCUT2D eigenvalue weighted by Crippen LogP contribution is 2.25. The molecule has 0 aliphatic rings. The minimum atomic E-state index is -0.274. The first-order chi connectivity index (χ1) is 13.9. The minimum absolute atomic E-state index is 0.128. The van der Waals surface area contributed by atoms with Gasteiger partial charge in [-0.3, -0.25) is 4.98 Å². The molecule has 0 fully saturated rings. The molecule has 0 unspecified atom stereocenters. The Labute approximate surface area is 169 Å². The Hall–Kier alpha value is -3.33. The summed E-state index contributed by atoms with van der Waals surface area (Å²) in [7, 11) is 4.00. The normalized spacial score (nSPS) is 12.0. The van der Waals surface area contributed by atoms with Gasteiger partial charge in [-0.1, -0.05) is 12.1 Å². The first kappa shape index (κ1) is 20.4. The highest BCUT2D eigenvalue weighted by atomic mass is 19.1. The summed E-state index contributed by atoms with van der Waals surface area (Å²) in [4.78, 5) is 21.5. The van der Waals surface area contributed by atoms with Crippen LogP contribution in [0.5, 0.6) is 0 Å². The van der Waals surface area contributed by atoms with Crippen molar-refractivity contribution >= 4 is 23.4 Å². The summed E-state index contributed by atoms with van der Waals surface area (Å²) in [6.07, 6.45) is 4.94. The SMILES string of the molecule is C[C@H](Nc1nc(N)cc(N(CCN(C)C)c2cnccn2)n1)c1ccc(F)cc1. The molecule has 8 nitrogen and oxygen atoms in total. The van der Waals surface area contributed by atoms with Crippen molar-refractivity contribution in [2.24, 2.45) is 0 Å². The lowest BCUT2D eigenvalue weighted by atomic mass is 10.1. The molecule has 0 saturated heterocycles. The summed E-state index contributed by atoms with van der Waals surface area (Å²) >= 11 is 0. The molecule has 1 aromatic carbocycles. The average Bonchev–Trinajstić information content (AvgIpc) is 2.69. The van der Waals surface area contributed by atoms with Gasteiger partial charge < -0.3 is 20.9 Å². The zero-order chi connectivity index (χ0) is 20.8. The van der Waals surface area contributed by atoms with Crippen molar-refractivity contribution < 1.29 is 4.39 Å². The number of nitrogen functional groups attached to an aromatic ring is 1. The number of benzene rings is 1. The molecule has 0 aliphatic carbocycles. The highest BCUT2D eigenvalue weighted by molar-refractivity contribution is 5.60. The Morgan fingerprint density at radius 1 is 1.07 bits per heavy atom. The second-order valence-electron chi connectivity index (χ2n) is 6.91. The lowest BCUT2D eigenvalue weighted by molar-refractivity contribution is 0.418. The van der Waals surface area contributed by atoms with Gasteiger partial charge in [0.25, 0.3) is 0 Å². The maximum absolute atomic E-state index is 13.2. The van der Waals surface area contributed by atoms with Crippen LogP contribution < -0.4 is 16.0 Å². The van der Waals surface area contributed by atoms with Crippen LogP contribution in [0, 0.1) is 5.82 Å². The molecule has 9 heteroatoms. The van der Waals surface area contributed by atoms with E-state index in [1.54, 1.807) is 36.8 Å². The molecule has 3 rings (SSSR count). The van der Waals surface area contributed by atoms with E-state index in [-0.39, 0.29) is 11.9 Å². The maximum Gasteiger partial charge on any atom is 0.227 e. The molecule has 152 valence electrons. The molecular weight excluding hydrogens is 371 g/mol. The number of likely N-dealkylation sites (N-methyl/N-ethyl adjacent to an activating group) is 1. The van der Waals surface area contributed by atoms with Crippen LogP contribution >= 0.6 is 0 Å². The Balaban J connectivity index is 1.87. The zero-order valence-electron chi connectivity index (χ0n) is 16.7. The van der Waals surface area contributed by atoms with Crippen molar-refractivity contribution in [2.45, 2.75) is 13.0 Å². The number of nitrogens with one attached hydrogen (secondary N) is 1. The first-order valence-corrected chi connectivity index (χ1v) is 9.27. The fourth-order valence-electron chi connectivity index (χ4n) is 2.76. The van der Waals surface area contributed by atoms with Crippen molar-refractivity contribution in [3.05, 3.63) is 60.3 Å². The van der Waals surface area contributed by atoms with Gasteiger partial charge >= 0.3 is 0 Å². The summed E-state index contributed by atoms with van der Waals surface area (Å²) in [6, 6.07) is 7.88. The van der Waals surface area contributed by atoms with Crippen molar-refractivity contribution in [3.63, 3.8) is 0 Å². The number of anilines is 4. The molecule has 2 heterocycles. The summed E-state index contributed by atoms with van der Waals surface area (Å²) in [5, 5.41) is 3.23. The number of rotatable bonds is 8. The van der Waals surface area contributed by atoms with Gasteiger partial charge in [0, 0.05) is 31.5 Å². The number of nitrogens with two attached hydrogens (primary N) is 1. The summed E-state index contributed by atoms with van der Waals surface area (Å²) in [5.41, 5.74) is 6.97. The number of aromatic nitrogens is 4. The smallest absolute Gasteiger partial charge is 0.227 e. The Kier molecular flexibility index (Phi) is 6.50. The molecule has 0 bridgehead atoms. The maximum atomic E-state index is 13.2. The van der Waals surface area contributed by atoms with Crippen LogP contribution in [0.3, 0.4) is 0 Å². The van der Waals surface area contributed by atoms with Crippen LogP contribution in [-0.4, -0.2) is 52.0 Å². The molecule has 0 amide bonds. The van der Waals surface area contributed by atoms with E-state index in [2.05, 4.69) is 30.2 Å². The van der Waals surface area contributed by atoms with Crippen molar-refractivity contribution in [2.75, 3.05) is 43.1 Å². The van der Waals surface area contributed by atoms with E-state index in [4.69, 9.17) is 5.73 Å². The van der Waals surface area contributed by atoms with Crippen LogP contribution in [0.1, 0.15) is 18.5 Å². The number of hydrogen-bond donors (Lipinski definition) is 2. The molecule has 0 saturated carbocycles. The third kappa shape index (κ3) is 5.58. The second kappa shape index (κ2) is 9.24. The standard InChI is InChI=1S/C20H25FN8/c1-14(15-4-6-16(21)7-5-15)25-20-26-17(22)12-18(27-20)29(11-10-28(2)3)19-13-23-8-9-24-19/h4-9,12-14H,10-11H2,1-3H3,(H3,22,25,26,27)/t14-/m0/s1. The largest absolute Gasteiger partial charge is 0.383 e. The Morgan fingerprint density at radius 3 is 2.48 bits per heavy atom. The van der Waals surface area contributed by atoms with E-state index in [1.807, 2.05) is 25.9 Å². The molecular formula is C20H25FN8. The quantitative estimate of drug-likeness (QED) is 0.600. The van der Waals surface area contributed by atoms with E-state index in [1.165, 1.54) is 12.1 Å². The fraction of sp³-hybridized carbons (Fsp3) is 0.300. The van der Waals surface area contributed by atoms with E-state index < -0.39 is 0 Å². The van der Waals surface area contributed by atoms with Crippen LogP contribution in [0.4, 0.5) is 27.8 Å². The number of hydrogen-bond acceptors (Lipinski definition) is 8. The predicted octanol–water partition coefficient (Wildman–Crippen LogP) is 2.86. The Morgan fingerprint density at radius 2 is 1.83 bits per heavy atom. The van der Waals surface area contributed by atoms with Crippen LogP contribution in [-0.2, 0) is 0 Å². The van der Waals surface area contributed by atoms with Crippen LogP contribution in [0.2, 0.25) is 0 Å². The molecule has 1 atom stereocenters. The summed E-state index contributed by atoms with van der Waals surface area (Å²) < 4.78 is 13.2. The molecule has 0 radical (unpaired) electrons. The molecule has 0 aliphatic heterocycles. The van der Waals surface area contributed by atoms with Gasteiger partial charge in [0.2, 0.25) is 5.95 Å². The van der Waals surface area contributed by atoms with Crippen molar-refractivity contribution in [3.8, 4) is 0 Å². The zero-order valence-corrected chi connectivity index (χ0v) is 16.7. The monoisotopic (exact) mass is 396 g/mol. The van der Waals surface area contributed by atoms with Crippen LogP contribution in [0.15, 0.2) is 48.9 Å². The van der Waals surface area contributed by atoms with Gasteiger partial charge in [0.1, 0.15) is 17.5 Å². The average molecular weight is 396 g/mol. The van der Waals surface area contributed by atoms with Crippen molar-refractivity contribution in [1.29, 1.82) is 0 Å². The number of halogens is 1. The van der Waals surface area contributed by atoms with Gasteiger partial charge in [-0.2, -0.15) is 9.97 Å². The van der Waals surface area contributed by atoms with E-state index >= 15 is 0 Å². The van der Waals surface area contributed by atoms with Gasteiger partial charge in [0.15, 0.2) is 5.82 Å². The Bertz CT molecular complexity index is 918. The van der Waals surface area contributed by atoms with E-state index in [0.29, 0.717) is 29.9 Å². The summed E-state index contributed by atoms with van der Waals surface area (Å²) in [5.74, 6) is 1.74. The lowest BCUT2D eigenvalue weighted by Crippen LogP contribution is -2.29. The van der Waals surface area contributed by atoms with Gasteiger partial charge in [0.05, 0.1) is 12.2 Å². The van der Waals surface area contributed by atoms with Gasteiger partial charge in [-0.05, 0) is 38.7 Å². The van der Waals surface area contributed by atoms with Gasteiger partial charge in [-0.15, -0.1) is 0 Å². The van der Waals surface area contributed by atoms with E-state index in [0.717, 1.165) is 12.1 Å². The molecule has 2 aromatic heterocycles. The van der Waals surface area contributed by atoms with Crippen LogP contribution in [0.25, 0.3) is 0 Å². The molecule has 3 aromatic rings. The lowest BCUT2D eigenvalue weighted by Gasteiger charge is -2.25. The minimum Gasteiger partial charge on any atom is -0.383 e. The number of nitrogens with zero attached hydrogens (tertiary/aromatic N) is 6. The predicted molar refractivity (Wildman–Crippen MR) is 112 cm³/mol. The van der Waals surface area contributed by atoms with E-state index in [9.17, 15) is 4.39 Å². The fourth-order valence-corrected chi connectivity index (χ4v) is 2.76. The topological polar surface area (TPSA) is 96.1 Å². The second-order valence-corrected chi connectivity index (χ2v) is 6.91. The highest BCUT2D eigenvalue weighted by Gasteiger charge is 2.16. The van der Waals surface area contributed by atoms with Crippen molar-refractivity contribution in [1.82, 2.24) is 24.8 Å². The first-order valence-electron chi connectivity index (χ1n) is 9.27.